The highest BCUT2D eigenvalue weighted by atomic mass is 35.5. The Morgan fingerprint density at radius 3 is 2.94 bits per heavy atom. The number of halogens is 1. The van der Waals surface area contributed by atoms with Gasteiger partial charge in [0.05, 0.1) is 0 Å². The van der Waals surface area contributed by atoms with Gasteiger partial charge in [-0.1, -0.05) is 18.5 Å². The van der Waals surface area contributed by atoms with Crippen LogP contribution >= 0.6 is 11.6 Å². The average molecular weight is 245 g/mol. The summed E-state index contributed by atoms with van der Waals surface area (Å²) in [6.45, 7) is 4.48. The molecule has 0 bridgehead atoms. The minimum absolute atomic E-state index is 0.190. The Balaban J connectivity index is 2.40. The zero-order valence-corrected chi connectivity index (χ0v) is 10.4. The van der Waals surface area contributed by atoms with Gasteiger partial charge in [0.1, 0.15) is 5.76 Å². The Morgan fingerprint density at radius 1 is 1.69 bits per heavy atom. The van der Waals surface area contributed by atoms with Crippen LogP contribution in [0.15, 0.2) is 10.6 Å². The van der Waals surface area contributed by atoms with Crippen LogP contribution < -0.4 is 5.32 Å². The standard InChI is InChI=1S/C11H17ClN2O2/c1-3-9(4-5-12)7-13-11(15)10-6-8(2)16-14-10/h6,9H,3-5,7H2,1-2H3,(H,13,15). The molecule has 0 saturated carbocycles. The molecular weight excluding hydrogens is 228 g/mol. The van der Waals surface area contributed by atoms with Crippen LogP contribution in [0.4, 0.5) is 0 Å². The third kappa shape index (κ3) is 3.85. The van der Waals surface area contributed by atoms with Gasteiger partial charge in [-0.2, -0.15) is 0 Å². The molecule has 0 spiro atoms. The zero-order chi connectivity index (χ0) is 12.0. The van der Waals surface area contributed by atoms with Crippen LogP contribution in [0, 0.1) is 12.8 Å². The molecule has 0 fully saturated rings. The van der Waals surface area contributed by atoms with Gasteiger partial charge in [0, 0.05) is 18.5 Å². The van der Waals surface area contributed by atoms with Crippen LogP contribution in [-0.4, -0.2) is 23.5 Å². The van der Waals surface area contributed by atoms with Gasteiger partial charge in [0.25, 0.3) is 5.91 Å². The van der Waals surface area contributed by atoms with Crippen molar-refractivity contribution in [3.8, 4) is 0 Å². The number of hydrogen-bond donors (Lipinski definition) is 1. The molecular formula is C11H17ClN2O2. The Bertz CT molecular complexity index is 338. The Kier molecular flexibility index (Phi) is 5.32. The van der Waals surface area contributed by atoms with E-state index in [1.165, 1.54) is 0 Å². The molecule has 4 nitrogen and oxygen atoms in total. The molecule has 16 heavy (non-hydrogen) atoms. The van der Waals surface area contributed by atoms with Gasteiger partial charge in [0.15, 0.2) is 5.69 Å². The maximum Gasteiger partial charge on any atom is 0.273 e. The van der Waals surface area contributed by atoms with Crippen molar-refractivity contribution in [2.24, 2.45) is 5.92 Å². The second-order valence-corrected chi connectivity index (χ2v) is 4.16. The number of nitrogens with one attached hydrogen (secondary N) is 1. The fourth-order valence-electron chi connectivity index (χ4n) is 1.41. The first-order valence-electron chi connectivity index (χ1n) is 5.44. The van der Waals surface area contributed by atoms with E-state index in [4.69, 9.17) is 16.1 Å². The van der Waals surface area contributed by atoms with E-state index in [2.05, 4.69) is 17.4 Å². The van der Waals surface area contributed by atoms with E-state index in [0.29, 0.717) is 29.8 Å². The summed E-state index contributed by atoms with van der Waals surface area (Å²) in [5.41, 5.74) is 0.332. The fraction of sp³-hybridized carbons (Fsp3) is 0.636. The maximum absolute atomic E-state index is 11.6. The van der Waals surface area contributed by atoms with Gasteiger partial charge >= 0.3 is 0 Å². The summed E-state index contributed by atoms with van der Waals surface area (Å²) in [5, 5.41) is 6.48. The van der Waals surface area contributed by atoms with Gasteiger partial charge in [-0.3, -0.25) is 4.79 Å². The first-order valence-corrected chi connectivity index (χ1v) is 5.98. The van der Waals surface area contributed by atoms with Crippen molar-refractivity contribution in [3.63, 3.8) is 0 Å². The van der Waals surface area contributed by atoms with E-state index in [1.807, 2.05) is 0 Å². The van der Waals surface area contributed by atoms with Crippen LogP contribution in [0.25, 0.3) is 0 Å². The molecule has 1 unspecified atom stereocenters. The quantitative estimate of drug-likeness (QED) is 0.782. The highest BCUT2D eigenvalue weighted by Crippen LogP contribution is 2.08. The molecule has 1 amide bonds. The van der Waals surface area contributed by atoms with Crippen molar-refractivity contribution >= 4 is 17.5 Å². The van der Waals surface area contributed by atoms with E-state index in [-0.39, 0.29) is 5.91 Å². The lowest BCUT2D eigenvalue weighted by atomic mass is 10.0. The van der Waals surface area contributed by atoms with Gasteiger partial charge < -0.3 is 9.84 Å². The largest absolute Gasteiger partial charge is 0.361 e. The zero-order valence-electron chi connectivity index (χ0n) is 9.62. The topological polar surface area (TPSA) is 55.1 Å². The van der Waals surface area contributed by atoms with Crippen molar-refractivity contribution in [1.29, 1.82) is 0 Å². The molecule has 90 valence electrons. The lowest BCUT2D eigenvalue weighted by molar-refractivity contribution is 0.0937. The number of aryl methyl sites for hydroxylation is 1. The highest BCUT2D eigenvalue weighted by molar-refractivity contribution is 6.17. The number of rotatable bonds is 6. The van der Waals surface area contributed by atoms with Gasteiger partial charge in [-0.25, -0.2) is 0 Å². The number of hydrogen-bond acceptors (Lipinski definition) is 3. The van der Waals surface area contributed by atoms with Gasteiger partial charge in [0.2, 0.25) is 0 Å². The van der Waals surface area contributed by atoms with Crippen LogP contribution in [0.2, 0.25) is 0 Å². The van der Waals surface area contributed by atoms with Crippen molar-refractivity contribution in [1.82, 2.24) is 10.5 Å². The molecule has 0 aromatic carbocycles. The maximum atomic E-state index is 11.6. The Labute approximate surface area is 100 Å². The number of amides is 1. The molecule has 0 saturated heterocycles. The fourth-order valence-corrected chi connectivity index (χ4v) is 1.71. The summed E-state index contributed by atoms with van der Waals surface area (Å²) in [5.74, 6) is 1.49. The Hall–Kier alpha value is -1.03. The molecule has 0 aliphatic carbocycles. The predicted molar refractivity (Wildman–Crippen MR) is 62.7 cm³/mol. The lowest BCUT2D eigenvalue weighted by Crippen LogP contribution is -2.29. The van der Waals surface area contributed by atoms with Crippen LogP contribution in [0.5, 0.6) is 0 Å². The van der Waals surface area contributed by atoms with E-state index in [0.717, 1.165) is 12.8 Å². The second-order valence-electron chi connectivity index (χ2n) is 3.78. The Morgan fingerprint density at radius 2 is 2.44 bits per heavy atom. The first-order chi connectivity index (χ1) is 7.67. The summed E-state index contributed by atoms with van der Waals surface area (Å²) in [4.78, 5) is 11.6. The smallest absolute Gasteiger partial charge is 0.273 e. The molecule has 1 atom stereocenters. The number of aromatic nitrogens is 1. The summed E-state index contributed by atoms with van der Waals surface area (Å²) in [7, 11) is 0. The number of nitrogens with zero attached hydrogens (tertiary/aromatic N) is 1. The molecule has 0 aliphatic rings. The molecule has 1 aromatic rings. The monoisotopic (exact) mass is 244 g/mol. The van der Waals surface area contributed by atoms with Crippen molar-refractivity contribution < 1.29 is 9.32 Å². The van der Waals surface area contributed by atoms with Gasteiger partial charge in [-0.15, -0.1) is 11.6 Å². The molecule has 5 heteroatoms. The first kappa shape index (κ1) is 13.0. The number of carbonyl (C=O) groups is 1. The van der Waals surface area contributed by atoms with E-state index < -0.39 is 0 Å². The summed E-state index contributed by atoms with van der Waals surface area (Å²) in [6.07, 6.45) is 1.92. The van der Waals surface area contributed by atoms with E-state index in [1.54, 1.807) is 13.0 Å². The summed E-state index contributed by atoms with van der Waals surface area (Å²) in [6, 6.07) is 1.62. The van der Waals surface area contributed by atoms with Crippen molar-refractivity contribution in [2.75, 3.05) is 12.4 Å². The molecule has 1 N–H and O–H groups in total. The second kappa shape index (κ2) is 6.53. The summed E-state index contributed by atoms with van der Waals surface area (Å²) >= 11 is 5.67. The van der Waals surface area contributed by atoms with Crippen molar-refractivity contribution in [2.45, 2.75) is 26.7 Å². The number of carbonyl (C=O) groups excluding carboxylic acids is 1. The molecule has 1 aromatic heterocycles. The molecule has 1 heterocycles. The van der Waals surface area contributed by atoms with Gasteiger partial charge in [-0.05, 0) is 19.3 Å². The normalized spacial score (nSPS) is 12.4. The molecule has 1 rings (SSSR count). The minimum Gasteiger partial charge on any atom is -0.361 e. The van der Waals surface area contributed by atoms with E-state index >= 15 is 0 Å². The predicted octanol–water partition coefficient (Wildman–Crippen LogP) is 2.37. The van der Waals surface area contributed by atoms with Crippen LogP contribution in [-0.2, 0) is 0 Å². The minimum atomic E-state index is -0.190. The van der Waals surface area contributed by atoms with E-state index in [9.17, 15) is 4.79 Å². The van der Waals surface area contributed by atoms with Crippen molar-refractivity contribution in [3.05, 3.63) is 17.5 Å². The molecule has 0 aliphatic heterocycles. The van der Waals surface area contributed by atoms with Crippen LogP contribution in [0.1, 0.15) is 36.0 Å². The average Bonchev–Trinajstić information content (AvgIpc) is 2.70. The summed E-state index contributed by atoms with van der Waals surface area (Å²) < 4.78 is 4.83. The highest BCUT2D eigenvalue weighted by Gasteiger charge is 2.12. The lowest BCUT2D eigenvalue weighted by Gasteiger charge is -2.13. The molecule has 0 radical (unpaired) electrons. The third-order valence-electron chi connectivity index (χ3n) is 2.51. The number of alkyl halides is 1. The third-order valence-corrected chi connectivity index (χ3v) is 2.72. The SMILES string of the molecule is CCC(CCCl)CNC(=O)c1cc(C)on1. The van der Waals surface area contributed by atoms with Crippen LogP contribution in [0.3, 0.4) is 0 Å².